The summed E-state index contributed by atoms with van der Waals surface area (Å²) >= 11 is 1.27. The fourth-order valence-corrected chi connectivity index (χ4v) is 4.62. The van der Waals surface area contributed by atoms with Crippen LogP contribution >= 0.6 is 11.3 Å². The van der Waals surface area contributed by atoms with E-state index in [2.05, 4.69) is 34.0 Å². The first kappa shape index (κ1) is 21.3. The van der Waals surface area contributed by atoms with Crippen LogP contribution in [0, 0.1) is 13.8 Å². The Bertz CT molecular complexity index is 855. The van der Waals surface area contributed by atoms with Crippen molar-refractivity contribution in [2.45, 2.75) is 65.5 Å². The quantitative estimate of drug-likeness (QED) is 0.788. The molecule has 0 bridgehead atoms. The van der Waals surface area contributed by atoms with Gasteiger partial charge in [0.25, 0.3) is 0 Å². The van der Waals surface area contributed by atoms with Crippen LogP contribution in [0.3, 0.4) is 0 Å². The summed E-state index contributed by atoms with van der Waals surface area (Å²) in [6, 6.07) is 0. The van der Waals surface area contributed by atoms with E-state index in [1.165, 1.54) is 11.3 Å². The summed E-state index contributed by atoms with van der Waals surface area (Å²) < 4.78 is 45.6. The van der Waals surface area contributed by atoms with Gasteiger partial charge in [-0.3, -0.25) is 4.90 Å². The summed E-state index contributed by atoms with van der Waals surface area (Å²) in [4.78, 5) is 11.2. The number of morpholine rings is 1. The van der Waals surface area contributed by atoms with E-state index in [0.29, 0.717) is 16.8 Å². The molecule has 0 amide bonds. The zero-order valence-corrected chi connectivity index (χ0v) is 17.9. The summed E-state index contributed by atoms with van der Waals surface area (Å²) in [5.41, 5.74) is 0.642. The van der Waals surface area contributed by atoms with Crippen LogP contribution in [-0.4, -0.2) is 52.2 Å². The number of rotatable bonds is 4. The maximum atomic E-state index is 13.3. The molecule has 9 heteroatoms. The Hall–Kier alpha value is -1.45. The van der Waals surface area contributed by atoms with Crippen molar-refractivity contribution in [3.63, 3.8) is 0 Å². The number of aryl methyl sites for hydroxylation is 2. The third-order valence-corrected chi connectivity index (χ3v) is 6.35. The molecule has 1 N–H and O–H groups in total. The van der Waals surface area contributed by atoms with Crippen LogP contribution in [0.5, 0.6) is 0 Å². The van der Waals surface area contributed by atoms with Crippen LogP contribution in [0.25, 0.3) is 10.2 Å². The van der Waals surface area contributed by atoms with Gasteiger partial charge >= 0.3 is 6.18 Å². The molecule has 3 heterocycles. The van der Waals surface area contributed by atoms with Gasteiger partial charge in [-0.25, -0.2) is 9.97 Å². The normalized spacial score (nSPS) is 22.0. The average molecular weight is 417 g/mol. The smallest absolute Gasteiger partial charge is 0.373 e. The Morgan fingerprint density at radius 3 is 2.32 bits per heavy atom. The largest absolute Gasteiger partial charge is 0.451 e. The highest BCUT2D eigenvalue weighted by Crippen LogP contribution is 2.37. The lowest BCUT2D eigenvalue weighted by molar-refractivity contribution is -0.144. The average Bonchev–Trinajstić information content (AvgIpc) is 2.85. The Labute approximate surface area is 167 Å². The van der Waals surface area contributed by atoms with Crippen LogP contribution in [-0.2, 0) is 10.9 Å². The minimum absolute atomic E-state index is 0.118. The van der Waals surface area contributed by atoms with Crippen molar-refractivity contribution in [1.82, 2.24) is 14.9 Å². The van der Waals surface area contributed by atoms with E-state index in [-0.39, 0.29) is 23.6 Å². The SMILES string of the molecule is Cc1sc2nc(C(F)(F)F)nc(NCC(C)(C)N3CC(C)OC(C)C3)c2c1C. The van der Waals surface area contributed by atoms with Gasteiger partial charge in [0.05, 0.1) is 17.6 Å². The molecule has 1 aliphatic heterocycles. The van der Waals surface area contributed by atoms with Crippen LogP contribution in [0.4, 0.5) is 19.0 Å². The predicted molar refractivity (Wildman–Crippen MR) is 106 cm³/mol. The second-order valence-corrected chi connectivity index (χ2v) is 9.39. The first-order chi connectivity index (χ1) is 12.9. The van der Waals surface area contributed by atoms with Crippen LogP contribution < -0.4 is 5.32 Å². The molecule has 0 aromatic carbocycles. The molecule has 1 aliphatic rings. The number of anilines is 1. The van der Waals surface area contributed by atoms with Gasteiger partial charge in [0.1, 0.15) is 10.6 Å². The molecule has 156 valence electrons. The molecule has 0 aliphatic carbocycles. The molecule has 2 aromatic rings. The molecule has 1 fully saturated rings. The van der Waals surface area contributed by atoms with E-state index >= 15 is 0 Å². The monoisotopic (exact) mass is 416 g/mol. The molecule has 0 spiro atoms. The highest BCUT2D eigenvalue weighted by Gasteiger charge is 2.37. The van der Waals surface area contributed by atoms with Gasteiger partial charge in [-0.2, -0.15) is 13.2 Å². The first-order valence-corrected chi connectivity index (χ1v) is 10.2. The van der Waals surface area contributed by atoms with E-state index in [1.54, 1.807) is 0 Å². The third kappa shape index (κ3) is 4.26. The summed E-state index contributed by atoms with van der Waals surface area (Å²) in [6.07, 6.45) is -4.35. The number of nitrogens with one attached hydrogen (secondary N) is 1. The van der Waals surface area contributed by atoms with Gasteiger partial charge in [-0.05, 0) is 47.1 Å². The Kier molecular flexibility index (Phi) is 5.64. The Morgan fingerprint density at radius 1 is 1.14 bits per heavy atom. The van der Waals surface area contributed by atoms with Crippen molar-refractivity contribution in [3.8, 4) is 0 Å². The number of nitrogens with zero attached hydrogens (tertiary/aromatic N) is 3. The van der Waals surface area contributed by atoms with Crippen molar-refractivity contribution >= 4 is 27.4 Å². The van der Waals surface area contributed by atoms with E-state index in [1.807, 2.05) is 27.7 Å². The lowest BCUT2D eigenvalue weighted by atomic mass is 10.00. The molecule has 0 saturated carbocycles. The number of aromatic nitrogens is 2. The van der Waals surface area contributed by atoms with Crippen molar-refractivity contribution in [1.29, 1.82) is 0 Å². The molecular weight excluding hydrogens is 389 g/mol. The molecule has 0 radical (unpaired) electrons. The Morgan fingerprint density at radius 2 is 1.75 bits per heavy atom. The fraction of sp³-hybridized carbons (Fsp3) is 0.684. The van der Waals surface area contributed by atoms with Gasteiger partial charge in [0.2, 0.25) is 5.82 Å². The number of fused-ring (bicyclic) bond motifs is 1. The van der Waals surface area contributed by atoms with E-state index < -0.39 is 12.0 Å². The number of hydrogen-bond acceptors (Lipinski definition) is 6. The number of hydrogen-bond donors (Lipinski definition) is 1. The van der Waals surface area contributed by atoms with Crippen LogP contribution in [0.1, 0.15) is 44.0 Å². The minimum atomic E-state index is -4.58. The third-order valence-electron chi connectivity index (χ3n) is 5.25. The molecule has 2 aromatic heterocycles. The predicted octanol–water partition coefficient (Wildman–Crippen LogP) is 4.63. The van der Waals surface area contributed by atoms with Gasteiger partial charge < -0.3 is 10.1 Å². The van der Waals surface area contributed by atoms with Gasteiger partial charge in [-0.15, -0.1) is 11.3 Å². The van der Waals surface area contributed by atoms with Crippen molar-refractivity contribution in [2.24, 2.45) is 0 Å². The Balaban J connectivity index is 1.90. The van der Waals surface area contributed by atoms with Crippen LogP contribution in [0.2, 0.25) is 0 Å². The highest BCUT2D eigenvalue weighted by atomic mass is 32.1. The van der Waals surface area contributed by atoms with Crippen molar-refractivity contribution < 1.29 is 17.9 Å². The van der Waals surface area contributed by atoms with E-state index in [4.69, 9.17) is 4.74 Å². The topological polar surface area (TPSA) is 50.3 Å². The summed E-state index contributed by atoms with van der Waals surface area (Å²) in [5.74, 6) is -0.850. The minimum Gasteiger partial charge on any atom is -0.373 e. The zero-order chi connectivity index (χ0) is 20.9. The second-order valence-electron chi connectivity index (χ2n) is 8.19. The van der Waals surface area contributed by atoms with Gasteiger partial charge in [0.15, 0.2) is 0 Å². The first-order valence-electron chi connectivity index (χ1n) is 9.38. The standard InChI is InChI=1S/C19H27F3N4OS/c1-10-7-26(8-11(2)27-10)18(5,6)9-23-15-14-12(3)13(4)28-16(14)25-17(24-15)19(20,21)22/h10-11H,7-9H2,1-6H3,(H,23,24,25). The number of halogens is 3. The van der Waals surface area contributed by atoms with Crippen molar-refractivity contribution in [2.75, 3.05) is 25.0 Å². The molecule has 5 nitrogen and oxygen atoms in total. The molecule has 1 saturated heterocycles. The maximum Gasteiger partial charge on any atom is 0.451 e. The number of ether oxygens (including phenoxy) is 1. The van der Waals surface area contributed by atoms with Gasteiger partial charge in [0, 0.05) is 30.1 Å². The molecule has 2 atom stereocenters. The summed E-state index contributed by atoms with van der Waals surface area (Å²) in [6.45, 7) is 14.0. The summed E-state index contributed by atoms with van der Waals surface area (Å²) in [7, 11) is 0. The second kappa shape index (κ2) is 7.42. The molecular formula is C19H27F3N4OS. The van der Waals surface area contributed by atoms with Gasteiger partial charge in [-0.1, -0.05) is 0 Å². The molecule has 28 heavy (non-hydrogen) atoms. The highest BCUT2D eigenvalue weighted by molar-refractivity contribution is 7.18. The fourth-order valence-electron chi connectivity index (χ4n) is 3.59. The maximum absolute atomic E-state index is 13.3. The number of thiophene rings is 1. The van der Waals surface area contributed by atoms with E-state index in [0.717, 1.165) is 23.5 Å². The van der Waals surface area contributed by atoms with Crippen LogP contribution in [0.15, 0.2) is 0 Å². The molecule has 3 rings (SSSR count). The number of alkyl halides is 3. The van der Waals surface area contributed by atoms with E-state index in [9.17, 15) is 13.2 Å². The molecule has 2 unspecified atom stereocenters. The summed E-state index contributed by atoms with van der Waals surface area (Å²) in [5, 5.41) is 3.87. The lowest BCUT2D eigenvalue weighted by Gasteiger charge is -2.45. The van der Waals surface area contributed by atoms with Crippen molar-refractivity contribution in [3.05, 3.63) is 16.3 Å². The lowest BCUT2D eigenvalue weighted by Crippen LogP contribution is -2.57. The zero-order valence-electron chi connectivity index (χ0n) is 17.1.